The Morgan fingerprint density at radius 2 is 1.74 bits per heavy atom. The highest BCUT2D eigenvalue weighted by Crippen LogP contribution is 2.25. The first kappa shape index (κ1) is 13.6. The second kappa shape index (κ2) is 5.87. The Hall–Kier alpha value is -1.84. The molecule has 0 heterocycles. The van der Waals surface area contributed by atoms with E-state index in [1.807, 2.05) is 30.3 Å². The summed E-state index contributed by atoms with van der Waals surface area (Å²) < 4.78 is 0. The van der Waals surface area contributed by atoms with Crippen molar-refractivity contribution < 1.29 is 9.63 Å². The van der Waals surface area contributed by atoms with Gasteiger partial charge in [-0.15, -0.1) is 0 Å². The van der Waals surface area contributed by atoms with E-state index in [1.54, 1.807) is 25.2 Å². The van der Waals surface area contributed by atoms with E-state index in [2.05, 4.69) is 0 Å². The van der Waals surface area contributed by atoms with E-state index in [1.165, 1.54) is 12.2 Å². The largest absolute Gasteiger partial charge is 0.277 e. The lowest BCUT2D eigenvalue weighted by Crippen LogP contribution is -2.25. The van der Waals surface area contributed by atoms with Gasteiger partial charge in [-0.3, -0.25) is 9.63 Å². The SMILES string of the molecule is CON(C)C(=O)c1ccccc1-c1ccc(Cl)cc1. The maximum Gasteiger partial charge on any atom is 0.277 e. The van der Waals surface area contributed by atoms with Crippen LogP contribution in [-0.2, 0) is 4.84 Å². The van der Waals surface area contributed by atoms with Crippen LogP contribution in [0, 0.1) is 0 Å². The summed E-state index contributed by atoms with van der Waals surface area (Å²) in [4.78, 5) is 17.2. The number of hydroxylamine groups is 2. The Labute approximate surface area is 117 Å². The predicted octanol–water partition coefficient (Wildman–Crippen LogP) is 3.64. The van der Waals surface area contributed by atoms with Crippen molar-refractivity contribution in [2.24, 2.45) is 0 Å². The summed E-state index contributed by atoms with van der Waals surface area (Å²) in [6.07, 6.45) is 0. The summed E-state index contributed by atoms with van der Waals surface area (Å²) in [5.41, 5.74) is 2.39. The zero-order valence-electron chi connectivity index (χ0n) is 10.8. The maximum atomic E-state index is 12.2. The van der Waals surface area contributed by atoms with Crippen molar-refractivity contribution in [3.63, 3.8) is 0 Å². The van der Waals surface area contributed by atoms with Crippen LogP contribution in [0.3, 0.4) is 0 Å². The highest BCUT2D eigenvalue weighted by atomic mass is 35.5. The quantitative estimate of drug-likeness (QED) is 0.801. The molecule has 0 N–H and O–H groups in total. The molecule has 0 spiro atoms. The molecule has 3 nitrogen and oxygen atoms in total. The molecule has 98 valence electrons. The minimum Gasteiger partial charge on any atom is -0.274 e. The molecule has 0 fully saturated rings. The number of amides is 1. The van der Waals surface area contributed by atoms with Gasteiger partial charge in [-0.05, 0) is 29.3 Å². The molecule has 0 saturated carbocycles. The lowest BCUT2D eigenvalue weighted by atomic mass is 9.99. The van der Waals surface area contributed by atoms with Crippen LogP contribution >= 0.6 is 11.6 Å². The van der Waals surface area contributed by atoms with Crippen molar-refractivity contribution >= 4 is 17.5 Å². The first-order valence-corrected chi connectivity index (χ1v) is 6.18. The molecule has 0 atom stereocenters. The Kier molecular flexibility index (Phi) is 4.20. The van der Waals surface area contributed by atoms with Gasteiger partial charge < -0.3 is 0 Å². The first-order chi connectivity index (χ1) is 9.13. The van der Waals surface area contributed by atoms with Gasteiger partial charge >= 0.3 is 0 Å². The summed E-state index contributed by atoms with van der Waals surface area (Å²) >= 11 is 5.88. The average Bonchev–Trinajstić information content (AvgIpc) is 2.46. The van der Waals surface area contributed by atoms with Crippen LogP contribution in [0.25, 0.3) is 11.1 Å². The molecule has 0 aliphatic carbocycles. The van der Waals surface area contributed by atoms with Gasteiger partial charge in [0.1, 0.15) is 0 Å². The summed E-state index contributed by atoms with van der Waals surface area (Å²) in [5, 5.41) is 1.87. The van der Waals surface area contributed by atoms with E-state index in [9.17, 15) is 4.79 Å². The number of hydrogen-bond donors (Lipinski definition) is 0. The lowest BCUT2D eigenvalue weighted by Gasteiger charge is -2.16. The van der Waals surface area contributed by atoms with Crippen molar-refractivity contribution in [1.29, 1.82) is 0 Å². The molecule has 0 aromatic heterocycles. The number of benzene rings is 2. The van der Waals surface area contributed by atoms with Gasteiger partial charge in [0.15, 0.2) is 0 Å². The summed E-state index contributed by atoms with van der Waals surface area (Å²) in [6, 6.07) is 14.8. The average molecular weight is 276 g/mol. The van der Waals surface area contributed by atoms with Crippen molar-refractivity contribution in [1.82, 2.24) is 5.06 Å². The molecular weight excluding hydrogens is 262 g/mol. The van der Waals surface area contributed by atoms with E-state index in [4.69, 9.17) is 16.4 Å². The van der Waals surface area contributed by atoms with E-state index in [0.717, 1.165) is 11.1 Å². The third-order valence-corrected chi connectivity index (χ3v) is 3.12. The fraction of sp³-hybridized carbons (Fsp3) is 0.133. The van der Waals surface area contributed by atoms with Gasteiger partial charge in [0, 0.05) is 17.6 Å². The zero-order chi connectivity index (χ0) is 13.8. The van der Waals surface area contributed by atoms with Gasteiger partial charge in [-0.2, -0.15) is 0 Å². The Morgan fingerprint density at radius 3 is 2.37 bits per heavy atom. The molecule has 0 aliphatic heterocycles. The molecule has 0 radical (unpaired) electrons. The number of halogens is 1. The molecule has 0 unspecified atom stereocenters. The fourth-order valence-electron chi connectivity index (χ4n) is 1.80. The molecule has 0 aliphatic rings. The van der Waals surface area contributed by atoms with Crippen LogP contribution < -0.4 is 0 Å². The van der Waals surface area contributed by atoms with Gasteiger partial charge in [0.25, 0.3) is 5.91 Å². The predicted molar refractivity (Wildman–Crippen MR) is 76.0 cm³/mol. The molecule has 4 heteroatoms. The van der Waals surface area contributed by atoms with Gasteiger partial charge in [-0.1, -0.05) is 41.9 Å². The summed E-state index contributed by atoms with van der Waals surface area (Å²) in [6.45, 7) is 0. The van der Waals surface area contributed by atoms with E-state index < -0.39 is 0 Å². The monoisotopic (exact) mass is 275 g/mol. The third kappa shape index (κ3) is 2.95. The van der Waals surface area contributed by atoms with Crippen LogP contribution in [0.4, 0.5) is 0 Å². The van der Waals surface area contributed by atoms with Crippen LogP contribution in [0.15, 0.2) is 48.5 Å². The van der Waals surface area contributed by atoms with Crippen molar-refractivity contribution in [2.75, 3.05) is 14.2 Å². The van der Waals surface area contributed by atoms with Crippen LogP contribution in [-0.4, -0.2) is 25.1 Å². The van der Waals surface area contributed by atoms with E-state index in [-0.39, 0.29) is 5.91 Å². The minimum atomic E-state index is -0.187. The molecule has 2 aromatic carbocycles. The Balaban J connectivity index is 2.47. The van der Waals surface area contributed by atoms with E-state index >= 15 is 0 Å². The van der Waals surface area contributed by atoms with Crippen molar-refractivity contribution in [3.05, 3.63) is 59.1 Å². The molecule has 19 heavy (non-hydrogen) atoms. The second-order valence-corrected chi connectivity index (χ2v) is 4.47. The number of nitrogens with zero attached hydrogens (tertiary/aromatic N) is 1. The Morgan fingerprint density at radius 1 is 1.11 bits per heavy atom. The van der Waals surface area contributed by atoms with Crippen LogP contribution in [0.2, 0.25) is 5.02 Å². The van der Waals surface area contributed by atoms with Crippen molar-refractivity contribution in [2.45, 2.75) is 0 Å². The lowest BCUT2D eigenvalue weighted by molar-refractivity contribution is -0.0756. The topological polar surface area (TPSA) is 29.5 Å². The van der Waals surface area contributed by atoms with Crippen molar-refractivity contribution in [3.8, 4) is 11.1 Å². The number of hydrogen-bond acceptors (Lipinski definition) is 2. The molecule has 2 rings (SSSR count). The molecule has 1 amide bonds. The molecule has 2 aromatic rings. The highest BCUT2D eigenvalue weighted by Gasteiger charge is 2.16. The second-order valence-electron chi connectivity index (χ2n) is 4.04. The van der Waals surface area contributed by atoms with Crippen LogP contribution in [0.1, 0.15) is 10.4 Å². The smallest absolute Gasteiger partial charge is 0.274 e. The van der Waals surface area contributed by atoms with E-state index in [0.29, 0.717) is 10.6 Å². The Bertz CT molecular complexity index is 581. The zero-order valence-corrected chi connectivity index (χ0v) is 11.5. The standard InChI is InChI=1S/C15H14ClNO2/c1-17(19-2)15(18)14-6-4-3-5-13(14)11-7-9-12(16)10-8-11/h3-10H,1-2H3. The summed E-state index contributed by atoms with van der Waals surface area (Å²) in [7, 11) is 3.05. The highest BCUT2D eigenvalue weighted by molar-refractivity contribution is 6.30. The van der Waals surface area contributed by atoms with Crippen LogP contribution in [0.5, 0.6) is 0 Å². The molecular formula is C15H14ClNO2. The number of carbonyl (C=O) groups is 1. The normalized spacial score (nSPS) is 10.3. The third-order valence-electron chi connectivity index (χ3n) is 2.87. The van der Waals surface area contributed by atoms with Gasteiger partial charge in [0.05, 0.1) is 7.11 Å². The summed E-state index contributed by atoms with van der Waals surface area (Å²) in [5.74, 6) is -0.187. The number of rotatable bonds is 3. The molecule has 0 bridgehead atoms. The molecule has 0 saturated heterocycles. The van der Waals surface area contributed by atoms with Gasteiger partial charge in [0.2, 0.25) is 0 Å². The minimum absolute atomic E-state index is 0.187. The van der Waals surface area contributed by atoms with Gasteiger partial charge in [-0.25, -0.2) is 5.06 Å². The number of carbonyl (C=O) groups excluding carboxylic acids is 1. The maximum absolute atomic E-state index is 12.2. The fourth-order valence-corrected chi connectivity index (χ4v) is 1.93. The first-order valence-electron chi connectivity index (χ1n) is 5.80.